The van der Waals surface area contributed by atoms with Gasteiger partial charge in [0.2, 0.25) is 0 Å². The first-order chi connectivity index (χ1) is 13.7. The molecule has 0 bridgehead atoms. The van der Waals surface area contributed by atoms with Gasteiger partial charge in [0.25, 0.3) is 5.91 Å². The molecule has 0 atom stereocenters. The molecule has 2 aliphatic rings. The maximum atomic E-state index is 12.7. The van der Waals surface area contributed by atoms with Crippen molar-refractivity contribution in [2.45, 2.75) is 13.1 Å². The van der Waals surface area contributed by atoms with E-state index < -0.39 is 0 Å². The zero-order chi connectivity index (χ0) is 19.3. The Kier molecular flexibility index (Phi) is 6.36. The van der Waals surface area contributed by atoms with Crippen LogP contribution in [0.1, 0.15) is 21.1 Å². The van der Waals surface area contributed by atoms with Gasteiger partial charge in [-0.3, -0.25) is 14.6 Å². The van der Waals surface area contributed by atoms with E-state index in [0.717, 1.165) is 70.5 Å². The quantitative estimate of drug-likeness (QED) is 0.768. The number of nitrogens with zero attached hydrogens (tertiary/aromatic N) is 5. The Labute approximate surface area is 171 Å². The summed E-state index contributed by atoms with van der Waals surface area (Å²) in [6, 6.07) is 10.7. The van der Waals surface area contributed by atoms with Crippen LogP contribution in [0.15, 0.2) is 35.7 Å². The monoisotopic (exact) mass is 399 g/mol. The van der Waals surface area contributed by atoms with Gasteiger partial charge in [0.1, 0.15) is 10.7 Å². The predicted octanol–water partition coefficient (Wildman–Crippen LogP) is 1.85. The Balaban J connectivity index is 1.25. The van der Waals surface area contributed by atoms with E-state index in [1.165, 1.54) is 5.56 Å². The highest BCUT2D eigenvalue weighted by Crippen LogP contribution is 2.17. The zero-order valence-corrected chi connectivity index (χ0v) is 17.4. The minimum atomic E-state index is 0.0864. The number of carbonyl (C=O) groups is 1. The summed E-state index contributed by atoms with van der Waals surface area (Å²) in [7, 11) is 2.10. The highest BCUT2D eigenvalue weighted by Gasteiger charge is 2.23. The highest BCUT2D eigenvalue weighted by molar-refractivity contribution is 7.09. The van der Waals surface area contributed by atoms with Crippen LogP contribution < -0.4 is 0 Å². The number of piperazine rings is 2. The van der Waals surface area contributed by atoms with E-state index in [9.17, 15) is 4.79 Å². The van der Waals surface area contributed by atoms with Gasteiger partial charge in [-0.05, 0) is 12.6 Å². The Morgan fingerprint density at radius 3 is 2.25 bits per heavy atom. The average molecular weight is 400 g/mol. The second-order valence-electron chi connectivity index (χ2n) is 7.76. The first kappa shape index (κ1) is 19.5. The smallest absolute Gasteiger partial charge is 0.273 e. The van der Waals surface area contributed by atoms with Crippen LogP contribution in [-0.2, 0) is 13.1 Å². The van der Waals surface area contributed by atoms with Crippen molar-refractivity contribution in [3.05, 3.63) is 52.0 Å². The molecule has 0 radical (unpaired) electrons. The van der Waals surface area contributed by atoms with Gasteiger partial charge in [-0.25, -0.2) is 4.98 Å². The number of thiazole rings is 1. The molecule has 150 valence electrons. The molecule has 1 aromatic heterocycles. The molecule has 1 aromatic carbocycles. The predicted molar refractivity (Wildman–Crippen MR) is 113 cm³/mol. The third-order valence-corrected chi connectivity index (χ3v) is 6.47. The van der Waals surface area contributed by atoms with Gasteiger partial charge >= 0.3 is 0 Å². The van der Waals surface area contributed by atoms with Crippen molar-refractivity contribution in [1.82, 2.24) is 24.6 Å². The summed E-state index contributed by atoms with van der Waals surface area (Å²) >= 11 is 1.62. The summed E-state index contributed by atoms with van der Waals surface area (Å²) in [5.74, 6) is 0.0864. The van der Waals surface area contributed by atoms with E-state index in [1.807, 2.05) is 10.3 Å². The number of rotatable bonds is 5. The number of aromatic nitrogens is 1. The third-order valence-electron chi connectivity index (χ3n) is 5.63. The second kappa shape index (κ2) is 9.13. The van der Waals surface area contributed by atoms with Gasteiger partial charge < -0.3 is 9.80 Å². The van der Waals surface area contributed by atoms with Gasteiger partial charge in [0, 0.05) is 64.3 Å². The van der Waals surface area contributed by atoms with Crippen LogP contribution in [0.4, 0.5) is 0 Å². The summed E-state index contributed by atoms with van der Waals surface area (Å²) in [4.78, 5) is 26.5. The molecule has 7 heteroatoms. The van der Waals surface area contributed by atoms with Crippen LogP contribution in [0.25, 0.3) is 0 Å². The first-order valence-electron chi connectivity index (χ1n) is 10.1. The number of amides is 1. The molecule has 0 spiro atoms. The minimum Gasteiger partial charge on any atom is -0.335 e. The topological polar surface area (TPSA) is 42.9 Å². The lowest BCUT2D eigenvalue weighted by Crippen LogP contribution is -2.47. The highest BCUT2D eigenvalue weighted by atomic mass is 32.1. The van der Waals surface area contributed by atoms with E-state index in [0.29, 0.717) is 5.69 Å². The van der Waals surface area contributed by atoms with Crippen molar-refractivity contribution in [1.29, 1.82) is 0 Å². The molecule has 2 saturated heterocycles. The van der Waals surface area contributed by atoms with Gasteiger partial charge in [-0.2, -0.15) is 0 Å². The standard InChI is InChI=1S/C21H29N5OS/c1-23-7-13-26(14-8-23)21(27)19-17-28-20(22-19)16-25-11-9-24(10-12-25)15-18-5-3-2-4-6-18/h2-6,17H,7-16H2,1H3. The largest absolute Gasteiger partial charge is 0.335 e. The number of carbonyl (C=O) groups excluding carboxylic acids is 1. The summed E-state index contributed by atoms with van der Waals surface area (Å²) in [6.07, 6.45) is 0. The summed E-state index contributed by atoms with van der Waals surface area (Å²) < 4.78 is 0. The fraction of sp³-hybridized carbons (Fsp3) is 0.524. The maximum Gasteiger partial charge on any atom is 0.273 e. The number of benzene rings is 1. The maximum absolute atomic E-state index is 12.7. The molecule has 2 fully saturated rings. The zero-order valence-electron chi connectivity index (χ0n) is 16.6. The van der Waals surface area contributed by atoms with Gasteiger partial charge in [0.05, 0.1) is 6.54 Å². The van der Waals surface area contributed by atoms with E-state index in [1.54, 1.807) is 11.3 Å². The normalized spacial score (nSPS) is 19.8. The van der Waals surface area contributed by atoms with Crippen molar-refractivity contribution in [3.8, 4) is 0 Å². The van der Waals surface area contributed by atoms with Crippen LogP contribution in [0, 0.1) is 0 Å². The average Bonchev–Trinajstić information content (AvgIpc) is 3.19. The Morgan fingerprint density at radius 2 is 1.57 bits per heavy atom. The first-order valence-corrected chi connectivity index (χ1v) is 11.0. The Hall–Kier alpha value is -1.80. The summed E-state index contributed by atoms with van der Waals surface area (Å²) in [5.41, 5.74) is 2.00. The van der Waals surface area contributed by atoms with Crippen LogP contribution in [0.2, 0.25) is 0 Å². The molecule has 28 heavy (non-hydrogen) atoms. The summed E-state index contributed by atoms with van der Waals surface area (Å²) in [6.45, 7) is 9.60. The SMILES string of the molecule is CN1CCN(C(=O)c2csc(CN3CCN(Cc4ccccc4)CC3)n2)CC1. The molecular weight excluding hydrogens is 370 g/mol. The van der Waals surface area contributed by atoms with Crippen molar-refractivity contribution < 1.29 is 4.79 Å². The molecule has 4 rings (SSSR count). The Morgan fingerprint density at radius 1 is 0.929 bits per heavy atom. The lowest BCUT2D eigenvalue weighted by molar-refractivity contribution is 0.0658. The van der Waals surface area contributed by atoms with Crippen LogP contribution >= 0.6 is 11.3 Å². The van der Waals surface area contributed by atoms with Crippen LogP contribution in [0.3, 0.4) is 0 Å². The lowest BCUT2D eigenvalue weighted by Gasteiger charge is -2.34. The van der Waals surface area contributed by atoms with Gasteiger partial charge in [-0.1, -0.05) is 30.3 Å². The fourth-order valence-corrected chi connectivity index (χ4v) is 4.60. The second-order valence-corrected chi connectivity index (χ2v) is 8.70. The van der Waals surface area contributed by atoms with E-state index in [4.69, 9.17) is 0 Å². The third kappa shape index (κ3) is 4.97. The van der Waals surface area contributed by atoms with E-state index in [-0.39, 0.29) is 5.91 Å². The van der Waals surface area contributed by atoms with E-state index >= 15 is 0 Å². The Bertz CT molecular complexity index is 764. The number of likely N-dealkylation sites (N-methyl/N-ethyl adjacent to an activating group) is 1. The fourth-order valence-electron chi connectivity index (χ4n) is 3.79. The molecule has 2 aliphatic heterocycles. The van der Waals surface area contributed by atoms with E-state index in [2.05, 4.69) is 57.1 Å². The molecule has 0 aliphatic carbocycles. The van der Waals surface area contributed by atoms with Crippen molar-refractivity contribution in [2.24, 2.45) is 0 Å². The molecule has 3 heterocycles. The van der Waals surface area contributed by atoms with Crippen molar-refractivity contribution in [3.63, 3.8) is 0 Å². The van der Waals surface area contributed by atoms with Crippen molar-refractivity contribution in [2.75, 3.05) is 59.4 Å². The molecule has 0 saturated carbocycles. The minimum absolute atomic E-state index is 0.0864. The van der Waals surface area contributed by atoms with Crippen molar-refractivity contribution >= 4 is 17.2 Å². The molecule has 0 unspecified atom stereocenters. The van der Waals surface area contributed by atoms with Gasteiger partial charge in [0.15, 0.2) is 0 Å². The molecule has 2 aromatic rings. The molecule has 0 N–H and O–H groups in total. The number of hydrogen-bond acceptors (Lipinski definition) is 6. The molecular formula is C21H29N5OS. The molecule has 1 amide bonds. The molecule has 6 nitrogen and oxygen atoms in total. The van der Waals surface area contributed by atoms with Gasteiger partial charge in [-0.15, -0.1) is 11.3 Å². The van der Waals surface area contributed by atoms with Crippen LogP contribution in [-0.4, -0.2) is 89.9 Å². The number of hydrogen-bond donors (Lipinski definition) is 0. The summed E-state index contributed by atoms with van der Waals surface area (Å²) in [5, 5.41) is 2.98. The lowest BCUT2D eigenvalue weighted by atomic mass is 10.2. The van der Waals surface area contributed by atoms with Crippen LogP contribution in [0.5, 0.6) is 0 Å².